The second kappa shape index (κ2) is 6.43. The highest BCUT2D eigenvalue weighted by molar-refractivity contribution is 5.80. The maximum Gasteiger partial charge on any atom is 0.319 e. The van der Waals surface area contributed by atoms with Gasteiger partial charge in [0.2, 0.25) is 5.91 Å². The van der Waals surface area contributed by atoms with Gasteiger partial charge < -0.3 is 15.1 Å². The Bertz CT molecular complexity index is 628. The molecule has 3 amide bonds. The predicted molar refractivity (Wildman–Crippen MR) is 89.2 cm³/mol. The van der Waals surface area contributed by atoms with Crippen LogP contribution in [-0.4, -0.2) is 83.2 Å². The van der Waals surface area contributed by atoms with E-state index in [-0.39, 0.29) is 17.4 Å². The van der Waals surface area contributed by atoms with Gasteiger partial charge in [-0.05, 0) is 0 Å². The van der Waals surface area contributed by atoms with E-state index in [1.165, 1.54) is 0 Å². The summed E-state index contributed by atoms with van der Waals surface area (Å²) in [5.41, 5.74) is 0.943. The van der Waals surface area contributed by atoms with Gasteiger partial charge in [0.05, 0.1) is 6.20 Å². The molecule has 0 radical (unpaired) electrons. The van der Waals surface area contributed by atoms with Gasteiger partial charge in [-0.2, -0.15) is 5.10 Å². The first-order valence-electron chi connectivity index (χ1n) is 8.30. The second-order valence-corrected chi connectivity index (χ2v) is 7.28. The number of urea groups is 1. The summed E-state index contributed by atoms with van der Waals surface area (Å²) in [5, 5.41) is 7.18. The minimum atomic E-state index is -0.207. The molecule has 8 heteroatoms. The Hall–Kier alpha value is -2.09. The minimum Gasteiger partial charge on any atom is -0.355 e. The SMILES string of the molecule is CN(C)C(=O)N1CCN(Cc2cnn(C)c2)C[C@@]2(CNC(=O)C2)C1. The number of amides is 3. The molecule has 132 valence electrons. The summed E-state index contributed by atoms with van der Waals surface area (Å²) in [6, 6.07) is 0.0111. The molecule has 3 rings (SSSR count). The van der Waals surface area contributed by atoms with E-state index in [1.807, 2.05) is 24.3 Å². The zero-order chi connectivity index (χ0) is 17.3. The van der Waals surface area contributed by atoms with Crippen LogP contribution in [0.15, 0.2) is 12.4 Å². The largest absolute Gasteiger partial charge is 0.355 e. The number of hydrogen-bond donors (Lipinski definition) is 1. The summed E-state index contributed by atoms with van der Waals surface area (Å²) in [5.74, 6) is 0.0791. The molecule has 0 unspecified atom stereocenters. The van der Waals surface area contributed by atoms with Gasteiger partial charge in [-0.25, -0.2) is 4.79 Å². The van der Waals surface area contributed by atoms with E-state index < -0.39 is 0 Å². The summed E-state index contributed by atoms with van der Waals surface area (Å²) in [6.45, 7) is 4.31. The van der Waals surface area contributed by atoms with Crippen molar-refractivity contribution in [2.45, 2.75) is 13.0 Å². The molecule has 1 aromatic heterocycles. The second-order valence-electron chi connectivity index (χ2n) is 7.28. The Morgan fingerprint density at radius 2 is 2.17 bits per heavy atom. The predicted octanol–water partition coefficient (Wildman–Crippen LogP) is -0.274. The molecule has 2 fully saturated rings. The lowest BCUT2D eigenvalue weighted by Gasteiger charge is -2.33. The number of aromatic nitrogens is 2. The normalized spacial score (nSPS) is 25.0. The van der Waals surface area contributed by atoms with Gasteiger partial charge in [-0.15, -0.1) is 0 Å². The number of rotatable bonds is 2. The molecule has 1 atom stereocenters. The number of nitrogens with zero attached hydrogens (tertiary/aromatic N) is 5. The van der Waals surface area contributed by atoms with E-state index in [2.05, 4.69) is 15.3 Å². The van der Waals surface area contributed by atoms with E-state index in [0.717, 1.165) is 25.2 Å². The van der Waals surface area contributed by atoms with Crippen molar-refractivity contribution in [3.63, 3.8) is 0 Å². The molecule has 0 aliphatic carbocycles. The van der Waals surface area contributed by atoms with E-state index in [1.54, 1.807) is 23.7 Å². The zero-order valence-corrected chi connectivity index (χ0v) is 14.7. The Morgan fingerprint density at radius 3 is 2.75 bits per heavy atom. The molecule has 0 aromatic carbocycles. The Balaban J connectivity index is 1.78. The van der Waals surface area contributed by atoms with Crippen molar-refractivity contribution in [3.05, 3.63) is 18.0 Å². The van der Waals surface area contributed by atoms with Crippen LogP contribution < -0.4 is 5.32 Å². The van der Waals surface area contributed by atoms with Gasteiger partial charge in [0.15, 0.2) is 0 Å². The highest BCUT2D eigenvalue weighted by Crippen LogP contribution is 2.31. The maximum absolute atomic E-state index is 12.5. The molecule has 2 saturated heterocycles. The molecule has 0 bridgehead atoms. The van der Waals surface area contributed by atoms with Gasteiger partial charge in [0.25, 0.3) is 0 Å². The quantitative estimate of drug-likeness (QED) is 0.808. The third-order valence-corrected chi connectivity index (χ3v) is 4.79. The minimum absolute atomic E-state index is 0.0111. The monoisotopic (exact) mass is 334 g/mol. The van der Waals surface area contributed by atoms with Gasteiger partial charge in [0, 0.05) is 84.0 Å². The van der Waals surface area contributed by atoms with E-state index in [9.17, 15) is 9.59 Å². The number of carbonyl (C=O) groups is 2. The van der Waals surface area contributed by atoms with Gasteiger partial charge in [0.1, 0.15) is 0 Å². The number of hydrogen-bond acceptors (Lipinski definition) is 4. The first-order valence-corrected chi connectivity index (χ1v) is 8.30. The van der Waals surface area contributed by atoms with Crippen LogP contribution in [0.4, 0.5) is 4.79 Å². The van der Waals surface area contributed by atoms with Crippen LogP contribution >= 0.6 is 0 Å². The Morgan fingerprint density at radius 1 is 1.38 bits per heavy atom. The molecule has 2 aliphatic rings. The fourth-order valence-corrected chi connectivity index (χ4v) is 3.72. The van der Waals surface area contributed by atoms with Crippen molar-refractivity contribution in [1.29, 1.82) is 0 Å². The third-order valence-electron chi connectivity index (χ3n) is 4.79. The van der Waals surface area contributed by atoms with Gasteiger partial charge in [-0.3, -0.25) is 14.4 Å². The lowest BCUT2D eigenvalue weighted by molar-refractivity contribution is -0.119. The van der Waals surface area contributed by atoms with E-state index in [4.69, 9.17) is 0 Å². The molecule has 0 saturated carbocycles. The molecular formula is C16H26N6O2. The van der Waals surface area contributed by atoms with Crippen molar-refractivity contribution in [1.82, 2.24) is 29.8 Å². The zero-order valence-electron chi connectivity index (χ0n) is 14.7. The molecule has 1 N–H and O–H groups in total. The number of nitrogens with one attached hydrogen (secondary N) is 1. The van der Waals surface area contributed by atoms with Crippen LogP contribution in [0.2, 0.25) is 0 Å². The lowest BCUT2D eigenvalue weighted by atomic mass is 9.86. The fraction of sp³-hybridized carbons (Fsp3) is 0.688. The topological polar surface area (TPSA) is 73.7 Å². The van der Waals surface area contributed by atoms with Crippen LogP contribution in [0.5, 0.6) is 0 Å². The highest BCUT2D eigenvalue weighted by atomic mass is 16.2. The van der Waals surface area contributed by atoms with Crippen molar-refractivity contribution in [2.75, 3.05) is 46.8 Å². The van der Waals surface area contributed by atoms with Gasteiger partial charge in [-0.1, -0.05) is 0 Å². The Kier molecular flexibility index (Phi) is 4.49. The molecule has 24 heavy (non-hydrogen) atoms. The fourth-order valence-electron chi connectivity index (χ4n) is 3.72. The van der Waals surface area contributed by atoms with Crippen LogP contribution in [0.1, 0.15) is 12.0 Å². The first-order chi connectivity index (χ1) is 11.4. The summed E-state index contributed by atoms with van der Waals surface area (Å²) >= 11 is 0. The molecule has 8 nitrogen and oxygen atoms in total. The molecule has 1 aromatic rings. The first kappa shape index (κ1) is 16.8. The number of carbonyl (C=O) groups excluding carboxylic acids is 2. The van der Waals surface area contributed by atoms with Crippen molar-refractivity contribution < 1.29 is 9.59 Å². The van der Waals surface area contributed by atoms with Crippen LogP contribution in [-0.2, 0) is 18.4 Å². The third kappa shape index (κ3) is 3.53. The molecule has 3 heterocycles. The summed E-state index contributed by atoms with van der Waals surface area (Å²) < 4.78 is 1.80. The standard InChI is InChI=1S/C16H26N6O2/c1-19(2)15(24)22-5-4-21(9-13-7-18-20(3)8-13)11-16(12-22)6-14(23)17-10-16/h7-8H,4-6,9-12H2,1-3H3,(H,17,23)/t16-/m1/s1. The van der Waals surface area contributed by atoms with Crippen LogP contribution in [0.3, 0.4) is 0 Å². The molecule has 2 aliphatic heterocycles. The van der Waals surface area contributed by atoms with Crippen molar-refractivity contribution in [3.8, 4) is 0 Å². The van der Waals surface area contributed by atoms with Crippen molar-refractivity contribution >= 4 is 11.9 Å². The Labute approximate surface area is 142 Å². The molecule has 1 spiro atoms. The van der Waals surface area contributed by atoms with Gasteiger partial charge >= 0.3 is 6.03 Å². The van der Waals surface area contributed by atoms with Crippen LogP contribution in [0, 0.1) is 5.41 Å². The van der Waals surface area contributed by atoms with E-state index in [0.29, 0.717) is 26.1 Å². The molecular weight excluding hydrogens is 308 g/mol. The lowest BCUT2D eigenvalue weighted by Crippen LogP contribution is -2.47. The maximum atomic E-state index is 12.5. The smallest absolute Gasteiger partial charge is 0.319 e. The summed E-state index contributed by atoms with van der Waals surface area (Å²) in [4.78, 5) is 30.1. The average molecular weight is 334 g/mol. The summed E-state index contributed by atoms with van der Waals surface area (Å²) in [6.07, 6.45) is 4.37. The van der Waals surface area contributed by atoms with Crippen molar-refractivity contribution in [2.24, 2.45) is 12.5 Å². The average Bonchev–Trinajstić information content (AvgIpc) is 3.02. The van der Waals surface area contributed by atoms with Crippen LogP contribution in [0.25, 0.3) is 0 Å². The van der Waals surface area contributed by atoms with E-state index >= 15 is 0 Å². The summed E-state index contributed by atoms with van der Waals surface area (Å²) in [7, 11) is 5.45. The number of aryl methyl sites for hydroxylation is 1. The highest BCUT2D eigenvalue weighted by Gasteiger charge is 2.44.